The van der Waals surface area contributed by atoms with E-state index in [1.165, 1.54) is 24.5 Å². The fourth-order valence-electron chi connectivity index (χ4n) is 2.09. The third kappa shape index (κ3) is 2.84. The molecule has 0 unspecified atom stereocenters. The number of hydroxylamine groups is 2. The Labute approximate surface area is 127 Å². The topological polar surface area (TPSA) is 72.8 Å². The predicted molar refractivity (Wildman–Crippen MR) is 82.1 cm³/mol. The van der Waals surface area contributed by atoms with E-state index in [0.717, 1.165) is 5.56 Å². The highest BCUT2D eigenvalue weighted by Crippen LogP contribution is 2.29. The molecule has 1 aliphatic heterocycles. The van der Waals surface area contributed by atoms with Gasteiger partial charge in [0, 0.05) is 23.5 Å². The van der Waals surface area contributed by atoms with E-state index in [9.17, 15) is 10.0 Å². The van der Waals surface area contributed by atoms with Crippen LogP contribution >= 0.6 is 0 Å². The van der Waals surface area contributed by atoms with Gasteiger partial charge in [0.1, 0.15) is 11.5 Å². The van der Waals surface area contributed by atoms with Crippen molar-refractivity contribution in [3.8, 4) is 0 Å². The normalized spacial score (nSPS) is 14.0. The lowest BCUT2D eigenvalue weighted by Crippen LogP contribution is -2.09. The monoisotopic (exact) mass is 294 g/mol. The minimum atomic E-state index is -1.000. The van der Waals surface area contributed by atoms with Crippen LogP contribution < -0.4 is 0 Å². The summed E-state index contributed by atoms with van der Waals surface area (Å²) in [6.45, 7) is 0. The molecule has 1 heterocycles. The van der Waals surface area contributed by atoms with Gasteiger partial charge in [0.2, 0.25) is 0 Å². The van der Waals surface area contributed by atoms with Crippen molar-refractivity contribution in [3.63, 3.8) is 0 Å². The van der Waals surface area contributed by atoms with Crippen molar-refractivity contribution in [3.05, 3.63) is 88.9 Å². The van der Waals surface area contributed by atoms with Crippen LogP contribution in [0.25, 0.3) is 11.5 Å². The van der Waals surface area contributed by atoms with Gasteiger partial charge < -0.3 is 20.1 Å². The second kappa shape index (κ2) is 5.75. The molecule has 0 aliphatic carbocycles. The van der Waals surface area contributed by atoms with Gasteiger partial charge in [-0.2, -0.15) is 0 Å². The lowest BCUT2D eigenvalue weighted by molar-refractivity contribution is 0.0697. The van der Waals surface area contributed by atoms with Crippen LogP contribution in [0.5, 0.6) is 0 Å². The smallest absolute Gasteiger partial charge is 0.335 e. The number of ether oxygens (including phenoxy) is 1. The van der Waals surface area contributed by atoms with Crippen molar-refractivity contribution in [2.45, 2.75) is 0 Å². The van der Waals surface area contributed by atoms with Crippen LogP contribution in [-0.4, -0.2) is 16.1 Å². The Balaban J connectivity index is 1.88. The van der Waals surface area contributed by atoms with E-state index in [1.54, 1.807) is 12.1 Å². The number of hydrogen-bond donors (Lipinski definition) is 1. The molecule has 0 radical (unpaired) electrons. The first-order chi connectivity index (χ1) is 10.6. The van der Waals surface area contributed by atoms with Crippen LogP contribution in [0.1, 0.15) is 21.5 Å². The first kappa shape index (κ1) is 13.9. The minimum Gasteiger partial charge on any atom is -0.754 e. The van der Waals surface area contributed by atoms with Gasteiger partial charge in [-0.3, -0.25) is 0 Å². The van der Waals surface area contributed by atoms with Crippen LogP contribution in [-0.2, 0) is 4.74 Å². The minimum absolute atomic E-state index is 0.179. The Kier molecular flexibility index (Phi) is 3.64. The number of benzene rings is 2. The van der Waals surface area contributed by atoms with Crippen molar-refractivity contribution in [2.75, 3.05) is 0 Å². The average molecular weight is 294 g/mol. The van der Waals surface area contributed by atoms with Crippen molar-refractivity contribution < 1.29 is 14.6 Å². The summed E-state index contributed by atoms with van der Waals surface area (Å²) >= 11 is 0. The second-order valence-corrected chi connectivity index (χ2v) is 4.70. The van der Waals surface area contributed by atoms with Crippen molar-refractivity contribution in [1.82, 2.24) is 5.06 Å². The van der Waals surface area contributed by atoms with Gasteiger partial charge in [0.05, 0.1) is 5.56 Å². The maximum Gasteiger partial charge on any atom is 0.335 e. The molecule has 0 atom stereocenters. The van der Waals surface area contributed by atoms with Crippen LogP contribution in [0.2, 0.25) is 0 Å². The van der Waals surface area contributed by atoms with Gasteiger partial charge in [0.25, 0.3) is 0 Å². The average Bonchev–Trinajstić information content (AvgIpc) is 2.55. The molecule has 22 heavy (non-hydrogen) atoms. The van der Waals surface area contributed by atoms with Crippen molar-refractivity contribution in [2.24, 2.45) is 0 Å². The van der Waals surface area contributed by atoms with E-state index in [-0.39, 0.29) is 5.56 Å². The molecular formula is C17H12NO4-. The molecular weight excluding hydrogens is 282 g/mol. The largest absolute Gasteiger partial charge is 0.754 e. The Morgan fingerprint density at radius 3 is 2.00 bits per heavy atom. The number of carboxylic acids is 1. The highest BCUT2D eigenvalue weighted by Gasteiger charge is 2.14. The Bertz CT molecular complexity index is 748. The Morgan fingerprint density at radius 2 is 1.45 bits per heavy atom. The lowest BCUT2D eigenvalue weighted by Gasteiger charge is -2.29. The summed E-state index contributed by atoms with van der Waals surface area (Å²) in [4.78, 5) is 10.9. The lowest BCUT2D eigenvalue weighted by atomic mass is 10.1. The summed E-state index contributed by atoms with van der Waals surface area (Å²) < 4.78 is 5.76. The number of carboxylic acid groups (broad SMARTS) is 1. The highest BCUT2D eigenvalue weighted by molar-refractivity contribution is 5.88. The summed E-state index contributed by atoms with van der Waals surface area (Å²) in [7, 11) is 0. The molecule has 2 aromatic rings. The molecule has 0 aromatic heterocycles. The van der Waals surface area contributed by atoms with Crippen molar-refractivity contribution >= 4 is 17.5 Å². The zero-order valence-electron chi connectivity index (χ0n) is 11.5. The predicted octanol–water partition coefficient (Wildman–Crippen LogP) is 3.51. The van der Waals surface area contributed by atoms with E-state index in [0.29, 0.717) is 22.1 Å². The number of aromatic carboxylic acids is 1. The van der Waals surface area contributed by atoms with Crippen LogP contribution in [0.4, 0.5) is 0 Å². The molecule has 0 saturated heterocycles. The van der Waals surface area contributed by atoms with Gasteiger partial charge in [-0.25, -0.2) is 4.79 Å². The van der Waals surface area contributed by atoms with Crippen LogP contribution in [0, 0.1) is 5.21 Å². The number of rotatable bonds is 3. The zero-order valence-corrected chi connectivity index (χ0v) is 11.5. The molecule has 1 aliphatic rings. The number of hydrogen-bond acceptors (Lipinski definition) is 4. The highest BCUT2D eigenvalue weighted by atomic mass is 16.5. The fraction of sp³-hybridized carbons (Fsp3) is 0. The van der Waals surface area contributed by atoms with Gasteiger partial charge >= 0.3 is 5.97 Å². The molecule has 110 valence electrons. The SMILES string of the molecule is O=C(O)c1ccc(C2=CN([O-])C=C(c3ccccc3)O2)cc1. The molecule has 0 saturated carbocycles. The third-order valence-electron chi connectivity index (χ3n) is 3.18. The van der Waals surface area contributed by atoms with Crippen LogP contribution in [0.15, 0.2) is 67.0 Å². The third-order valence-corrected chi connectivity index (χ3v) is 3.18. The Hall–Kier alpha value is -3.05. The molecule has 3 rings (SSSR count). The van der Waals surface area contributed by atoms with E-state index in [2.05, 4.69) is 0 Å². The van der Waals surface area contributed by atoms with Crippen molar-refractivity contribution in [1.29, 1.82) is 0 Å². The molecule has 0 bridgehead atoms. The molecule has 0 amide bonds. The van der Waals surface area contributed by atoms with E-state index >= 15 is 0 Å². The Morgan fingerprint density at radius 1 is 0.909 bits per heavy atom. The molecule has 5 heteroatoms. The molecule has 2 aromatic carbocycles. The van der Waals surface area contributed by atoms with E-state index in [1.807, 2.05) is 30.3 Å². The molecule has 0 fully saturated rings. The number of carbonyl (C=O) groups is 1. The van der Waals surface area contributed by atoms with Gasteiger partial charge in [-0.15, -0.1) is 0 Å². The quantitative estimate of drug-likeness (QED) is 0.937. The maximum atomic E-state index is 11.8. The van der Waals surface area contributed by atoms with Gasteiger partial charge in [-0.1, -0.05) is 42.5 Å². The van der Waals surface area contributed by atoms with Crippen LogP contribution in [0.3, 0.4) is 0 Å². The van der Waals surface area contributed by atoms with E-state index in [4.69, 9.17) is 9.84 Å². The summed E-state index contributed by atoms with van der Waals surface area (Å²) in [6, 6.07) is 15.4. The zero-order chi connectivity index (χ0) is 15.5. The second-order valence-electron chi connectivity index (χ2n) is 4.70. The molecule has 0 spiro atoms. The maximum absolute atomic E-state index is 11.8. The first-order valence-corrected chi connectivity index (χ1v) is 6.59. The van der Waals surface area contributed by atoms with E-state index < -0.39 is 5.97 Å². The summed E-state index contributed by atoms with van der Waals surface area (Å²) in [5, 5.41) is 21.4. The first-order valence-electron chi connectivity index (χ1n) is 6.59. The summed E-state index contributed by atoms with van der Waals surface area (Å²) in [5.74, 6) is -0.191. The fourth-order valence-corrected chi connectivity index (χ4v) is 2.09. The molecule has 5 nitrogen and oxygen atoms in total. The van der Waals surface area contributed by atoms with Gasteiger partial charge in [-0.05, 0) is 12.1 Å². The summed E-state index contributed by atoms with van der Waals surface area (Å²) in [5.41, 5.74) is 1.60. The number of nitrogens with zero attached hydrogens (tertiary/aromatic N) is 1. The molecule has 1 N–H and O–H groups in total. The summed E-state index contributed by atoms with van der Waals surface area (Å²) in [6.07, 6.45) is 2.66. The van der Waals surface area contributed by atoms with Gasteiger partial charge in [0.15, 0.2) is 0 Å². The standard InChI is InChI=1S/C17H12NO4/c19-17(20)14-8-6-13(7-9-14)16-11-18(21)10-15(22-16)12-4-2-1-3-5-12/h1-11H,(H,19,20)/q-1.